The molecule has 1 fully saturated rings. The number of hydrogen-bond donors (Lipinski definition) is 2. The minimum Gasteiger partial charge on any atom is -0.494 e. The molecular weight excluding hydrogens is 416 g/mol. The first-order valence-electron chi connectivity index (χ1n) is 11.4. The average molecular weight is 447 g/mol. The Labute approximate surface area is 194 Å². The zero-order chi connectivity index (χ0) is 22.9. The number of nitrogens with one attached hydrogen (secondary N) is 1. The van der Waals surface area contributed by atoms with Crippen LogP contribution in [0.3, 0.4) is 0 Å². The number of rotatable bonds is 8. The molecule has 0 spiro atoms. The lowest BCUT2D eigenvalue weighted by Crippen LogP contribution is -2.43. The van der Waals surface area contributed by atoms with Gasteiger partial charge in [0.15, 0.2) is 0 Å². The van der Waals surface area contributed by atoms with E-state index in [1.165, 1.54) is 0 Å². The lowest BCUT2D eigenvalue weighted by Gasteiger charge is -2.38. The van der Waals surface area contributed by atoms with Crippen LogP contribution in [0.15, 0.2) is 84.9 Å². The Bertz CT molecular complexity index is 1000. The average Bonchev–Trinajstić information content (AvgIpc) is 2.85. The number of benzene rings is 3. The van der Waals surface area contributed by atoms with E-state index in [1.54, 1.807) is 36.4 Å². The van der Waals surface area contributed by atoms with Gasteiger partial charge in [0.05, 0.1) is 12.2 Å². The minimum absolute atomic E-state index is 0.454. The molecule has 0 atom stereocenters. The molecule has 6 nitrogen and oxygen atoms in total. The van der Waals surface area contributed by atoms with Crippen molar-refractivity contribution >= 4 is 11.8 Å². The van der Waals surface area contributed by atoms with E-state index in [2.05, 4.69) is 10.2 Å². The molecule has 2 N–H and O–H groups in total. The van der Waals surface area contributed by atoms with Gasteiger partial charge in [-0.2, -0.15) is 0 Å². The maximum atomic E-state index is 12.0. The van der Waals surface area contributed by atoms with Gasteiger partial charge in [0.1, 0.15) is 11.5 Å². The summed E-state index contributed by atoms with van der Waals surface area (Å²) >= 11 is 0. The van der Waals surface area contributed by atoms with Crippen LogP contribution in [0, 0.1) is 0 Å². The smallest absolute Gasteiger partial charge is 0.417 e. The number of hydrogen-bond acceptors (Lipinski definition) is 5. The quantitative estimate of drug-likeness (QED) is 0.474. The van der Waals surface area contributed by atoms with Crippen molar-refractivity contribution in [2.45, 2.75) is 24.9 Å². The number of anilines is 1. The summed E-state index contributed by atoms with van der Waals surface area (Å²) in [5.41, 5.74) is 0.981. The first kappa shape index (κ1) is 22.8. The number of nitrogens with zero attached hydrogens (tertiary/aromatic N) is 1. The van der Waals surface area contributed by atoms with Gasteiger partial charge in [0.25, 0.3) is 0 Å². The summed E-state index contributed by atoms with van der Waals surface area (Å²) < 4.78 is 11.1. The van der Waals surface area contributed by atoms with E-state index in [0.29, 0.717) is 18.0 Å². The number of ether oxygens (including phenoxy) is 2. The Kier molecular flexibility index (Phi) is 7.60. The summed E-state index contributed by atoms with van der Waals surface area (Å²) in [6, 6.07) is 26.2. The number of carbonyl (C=O) groups is 1. The molecule has 1 aliphatic rings. The van der Waals surface area contributed by atoms with Crippen molar-refractivity contribution in [1.82, 2.24) is 4.90 Å². The van der Waals surface area contributed by atoms with Gasteiger partial charge in [0, 0.05) is 25.3 Å². The highest BCUT2D eigenvalue weighted by molar-refractivity contribution is 5.86. The third-order valence-corrected chi connectivity index (χ3v) is 5.94. The SMILES string of the molecule is O=C(Nc1ccccc1)Oc1ccc(OCCCN2CCC(O)(c3ccccc3)CC2)cc1. The number of piperidine rings is 1. The zero-order valence-corrected chi connectivity index (χ0v) is 18.7. The lowest BCUT2D eigenvalue weighted by atomic mass is 9.84. The fourth-order valence-electron chi connectivity index (χ4n) is 4.04. The summed E-state index contributed by atoms with van der Waals surface area (Å²) in [6.45, 7) is 3.30. The summed E-state index contributed by atoms with van der Waals surface area (Å²) in [4.78, 5) is 14.3. The molecule has 0 saturated carbocycles. The van der Waals surface area contributed by atoms with Crippen LogP contribution in [0.2, 0.25) is 0 Å². The third-order valence-electron chi connectivity index (χ3n) is 5.94. The molecular formula is C27H30N2O4. The molecule has 33 heavy (non-hydrogen) atoms. The van der Waals surface area contributed by atoms with Crippen LogP contribution in [-0.4, -0.2) is 42.3 Å². The van der Waals surface area contributed by atoms with Crippen LogP contribution in [0.1, 0.15) is 24.8 Å². The fourth-order valence-corrected chi connectivity index (χ4v) is 4.04. The van der Waals surface area contributed by atoms with Gasteiger partial charge in [-0.15, -0.1) is 0 Å². The molecule has 1 amide bonds. The van der Waals surface area contributed by atoms with E-state index in [-0.39, 0.29) is 0 Å². The highest BCUT2D eigenvalue weighted by Crippen LogP contribution is 2.32. The predicted molar refractivity (Wildman–Crippen MR) is 129 cm³/mol. The molecule has 0 bridgehead atoms. The molecule has 0 radical (unpaired) electrons. The van der Waals surface area contributed by atoms with Crippen LogP contribution in [0.25, 0.3) is 0 Å². The second kappa shape index (κ2) is 11.0. The Morgan fingerprint density at radius 2 is 1.48 bits per heavy atom. The highest BCUT2D eigenvalue weighted by atomic mass is 16.6. The molecule has 4 rings (SSSR count). The molecule has 1 aliphatic heterocycles. The molecule has 1 saturated heterocycles. The van der Waals surface area contributed by atoms with Crippen LogP contribution >= 0.6 is 0 Å². The number of amides is 1. The van der Waals surface area contributed by atoms with Crippen LogP contribution < -0.4 is 14.8 Å². The zero-order valence-electron chi connectivity index (χ0n) is 18.7. The van der Waals surface area contributed by atoms with Crippen molar-refractivity contribution in [2.75, 3.05) is 31.6 Å². The van der Waals surface area contributed by atoms with Crippen molar-refractivity contribution in [3.63, 3.8) is 0 Å². The second-order valence-electron chi connectivity index (χ2n) is 8.29. The summed E-state index contributed by atoms with van der Waals surface area (Å²) in [7, 11) is 0. The highest BCUT2D eigenvalue weighted by Gasteiger charge is 2.33. The Morgan fingerprint density at radius 3 is 2.15 bits per heavy atom. The summed E-state index contributed by atoms with van der Waals surface area (Å²) in [5.74, 6) is 1.19. The van der Waals surface area contributed by atoms with Crippen molar-refractivity contribution in [1.29, 1.82) is 0 Å². The van der Waals surface area contributed by atoms with Gasteiger partial charge in [-0.1, -0.05) is 48.5 Å². The molecule has 172 valence electrons. The summed E-state index contributed by atoms with van der Waals surface area (Å²) in [5, 5.41) is 13.6. The monoisotopic (exact) mass is 446 g/mol. The first-order chi connectivity index (χ1) is 16.1. The van der Waals surface area contributed by atoms with Gasteiger partial charge < -0.3 is 19.5 Å². The van der Waals surface area contributed by atoms with E-state index in [4.69, 9.17) is 9.47 Å². The molecule has 0 unspecified atom stereocenters. The van der Waals surface area contributed by atoms with E-state index in [0.717, 1.165) is 50.2 Å². The third kappa shape index (κ3) is 6.57. The van der Waals surface area contributed by atoms with Crippen LogP contribution in [0.5, 0.6) is 11.5 Å². The molecule has 1 heterocycles. The fraction of sp³-hybridized carbons (Fsp3) is 0.296. The van der Waals surface area contributed by atoms with Crippen LogP contribution in [-0.2, 0) is 5.60 Å². The molecule has 0 aromatic heterocycles. The Balaban J connectivity index is 1.14. The Morgan fingerprint density at radius 1 is 0.879 bits per heavy atom. The molecule has 3 aromatic carbocycles. The van der Waals surface area contributed by atoms with E-state index < -0.39 is 11.7 Å². The maximum absolute atomic E-state index is 12.0. The number of aliphatic hydroxyl groups is 1. The van der Waals surface area contributed by atoms with Crippen molar-refractivity contribution in [3.8, 4) is 11.5 Å². The van der Waals surface area contributed by atoms with Gasteiger partial charge in [-0.25, -0.2) is 4.79 Å². The Hall–Kier alpha value is -3.35. The molecule has 3 aromatic rings. The molecule has 0 aliphatic carbocycles. The first-order valence-corrected chi connectivity index (χ1v) is 11.4. The second-order valence-corrected chi connectivity index (χ2v) is 8.29. The minimum atomic E-state index is -0.712. The number of carbonyl (C=O) groups excluding carboxylic acids is 1. The molecule has 6 heteroatoms. The standard InChI is InChI=1S/C27H30N2O4/c30-26(28-23-10-5-2-6-11-23)33-25-14-12-24(13-15-25)32-21-7-18-29-19-16-27(31,17-20-29)22-8-3-1-4-9-22/h1-6,8-15,31H,7,16-21H2,(H,28,30). The van der Waals surface area contributed by atoms with E-state index in [9.17, 15) is 9.90 Å². The summed E-state index contributed by atoms with van der Waals surface area (Å²) in [6.07, 6.45) is 1.87. The topological polar surface area (TPSA) is 71.0 Å². The number of para-hydroxylation sites is 1. The van der Waals surface area contributed by atoms with E-state index >= 15 is 0 Å². The van der Waals surface area contributed by atoms with Gasteiger partial charge >= 0.3 is 6.09 Å². The maximum Gasteiger partial charge on any atom is 0.417 e. The van der Waals surface area contributed by atoms with Crippen molar-refractivity contribution < 1.29 is 19.4 Å². The van der Waals surface area contributed by atoms with Gasteiger partial charge in [-0.05, 0) is 61.2 Å². The predicted octanol–water partition coefficient (Wildman–Crippen LogP) is 5.05. The van der Waals surface area contributed by atoms with Gasteiger partial charge in [-0.3, -0.25) is 5.32 Å². The van der Waals surface area contributed by atoms with Crippen molar-refractivity contribution in [2.24, 2.45) is 0 Å². The van der Waals surface area contributed by atoms with E-state index in [1.807, 2.05) is 48.5 Å². The van der Waals surface area contributed by atoms with Crippen LogP contribution in [0.4, 0.5) is 10.5 Å². The normalized spacial score (nSPS) is 15.5. The number of likely N-dealkylation sites (tertiary alicyclic amines) is 1. The van der Waals surface area contributed by atoms with Gasteiger partial charge in [0.2, 0.25) is 0 Å². The van der Waals surface area contributed by atoms with Crippen molar-refractivity contribution in [3.05, 3.63) is 90.5 Å². The lowest BCUT2D eigenvalue weighted by molar-refractivity contribution is -0.0264. The largest absolute Gasteiger partial charge is 0.494 e.